The van der Waals surface area contributed by atoms with Gasteiger partial charge in [-0.3, -0.25) is 10.1 Å². The van der Waals surface area contributed by atoms with Crippen LogP contribution in [-0.2, 0) is 0 Å². The molecule has 0 saturated carbocycles. The first kappa shape index (κ1) is 13.8. The molecule has 0 saturated heterocycles. The second kappa shape index (κ2) is 5.66. The molecule has 5 nitrogen and oxygen atoms in total. The maximum atomic E-state index is 13.0. The molecule has 3 rings (SSSR count). The fourth-order valence-corrected chi connectivity index (χ4v) is 1.95. The number of hydrogen-bond acceptors (Lipinski definition) is 4. The molecule has 0 atom stereocenters. The first-order valence-corrected chi connectivity index (χ1v) is 6.51. The van der Waals surface area contributed by atoms with E-state index in [0.717, 1.165) is 11.8 Å². The van der Waals surface area contributed by atoms with Crippen molar-refractivity contribution in [3.63, 3.8) is 0 Å². The SMILES string of the molecule is Cc1ccc(C#N)cc1Oc1c[nH]nc1-c1ccc(F)cn1. The van der Waals surface area contributed by atoms with E-state index in [-0.39, 0.29) is 0 Å². The van der Waals surface area contributed by atoms with Gasteiger partial charge in [0.25, 0.3) is 0 Å². The number of halogens is 1. The Labute approximate surface area is 126 Å². The zero-order valence-electron chi connectivity index (χ0n) is 11.7. The van der Waals surface area contributed by atoms with Crippen LogP contribution in [0.3, 0.4) is 0 Å². The standard InChI is InChI=1S/C16H11FN4O/c1-10-2-3-11(7-18)6-14(10)22-15-9-20-21-16(15)13-5-4-12(17)8-19-13/h2-6,8-9H,1H3,(H,20,21). The molecule has 108 valence electrons. The molecule has 0 fully saturated rings. The monoisotopic (exact) mass is 294 g/mol. The van der Waals surface area contributed by atoms with Crippen molar-refractivity contribution in [2.24, 2.45) is 0 Å². The number of rotatable bonds is 3. The highest BCUT2D eigenvalue weighted by Gasteiger charge is 2.13. The lowest BCUT2D eigenvalue weighted by atomic mass is 10.1. The quantitative estimate of drug-likeness (QED) is 0.801. The van der Waals surface area contributed by atoms with E-state index in [1.54, 1.807) is 18.3 Å². The molecule has 2 aromatic heterocycles. The Balaban J connectivity index is 1.96. The summed E-state index contributed by atoms with van der Waals surface area (Å²) in [5.74, 6) is 0.598. The highest BCUT2D eigenvalue weighted by atomic mass is 19.1. The molecule has 1 aromatic carbocycles. The Bertz CT molecular complexity index is 849. The molecule has 0 amide bonds. The van der Waals surface area contributed by atoms with Crippen LogP contribution >= 0.6 is 0 Å². The van der Waals surface area contributed by atoms with Crippen LogP contribution in [0.15, 0.2) is 42.7 Å². The summed E-state index contributed by atoms with van der Waals surface area (Å²) in [6.45, 7) is 1.88. The van der Waals surface area contributed by atoms with Crippen LogP contribution in [0.4, 0.5) is 4.39 Å². The van der Waals surface area contributed by atoms with Gasteiger partial charge in [0.1, 0.15) is 11.6 Å². The van der Waals surface area contributed by atoms with Crippen molar-refractivity contribution in [2.45, 2.75) is 6.92 Å². The molecule has 0 aliphatic heterocycles. The van der Waals surface area contributed by atoms with Gasteiger partial charge in [0.05, 0.1) is 29.7 Å². The number of nitriles is 1. The molecular weight excluding hydrogens is 283 g/mol. The molecule has 0 radical (unpaired) electrons. The summed E-state index contributed by atoms with van der Waals surface area (Å²) in [6.07, 6.45) is 2.70. The van der Waals surface area contributed by atoms with Crippen molar-refractivity contribution in [2.75, 3.05) is 0 Å². The number of hydrogen-bond donors (Lipinski definition) is 1. The van der Waals surface area contributed by atoms with Gasteiger partial charge in [-0.05, 0) is 36.8 Å². The van der Waals surface area contributed by atoms with E-state index >= 15 is 0 Å². The van der Waals surface area contributed by atoms with Gasteiger partial charge in [0, 0.05) is 0 Å². The highest BCUT2D eigenvalue weighted by Crippen LogP contribution is 2.32. The van der Waals surface area contributed by atoms with E-state index in [0.29, 0.717) is 28.5 Å². The molecule has 22 heavy (non-hydrogen) atoms. The molecule has 0 aliphatic rings. The van der Waals surface area contributed by atoms with Crippen LogP contribution in [0.25, 0.3) is 11.4 Å². The second-order valence-corrected chi connectivity index (χ2v) is 4.65. The Kier molecular flexibility index (Phi) is 3.54. The van der Waals surface area contributed by atoms with Crippen LogP contribution < -0.4 is 4.74 Å². The summed E-state index contributed by atoms with van der Waals surface area (Å²) in [5, 5.41) is 15.8. The Morgan fingerprint density at radius 1 is 1.23 bits per heavy atom. The van der Waals surface area contributed by atoms with Crippen LogP contribution in [-0.4, -0.2) is 15.2 Å². The van der Waals surface area contributed by atoms with Crippen molar-refractivity contribution < 1.29 is 9.13 Å². The van der Waals surface area contributed by atoms with Gasteiger partial charge in [-0.2, -0.15) is 10.4 Å². The van der Waals surface area contributed by atoms with Gasteiger partial charge in [0.15, 0.2) is 11.4 Å². The second-order valence-electron chi connectivity index (χ2n) is 4.65. The summed E-state index contributed by atoms with van der Waals surface area (Å²) in [5.41, 5.74) is 2.36. The van der Waals surface area contributed by atoms with E-state index in [9.17, 15) is 4.39 Å². The summed E-state index contributed by atoms with van der Waals surface area (Å²) >= 11 is 0. The van der Waals surface area contributed by atoms with E-state index < -0.39 is 5.82 Å². The lowest BCUT2D eigenvalue weighted by Crippen LogP contribution is -1.91. The number of H-pyrrole nitrogens is 1. The molecule has 0 bridgehead atoms. The van der Waals surface area contributed by atoms with Gasteiger partial charge < -0.3 is 4.74 Å². The van der Waals surface area contributed by atoms with Crippen molar-refractivity contribution in [3.8, 4) is 29.0 Å². The lowest BCUT2D eigenvalue weighted by molar-refractivity contribution is 0.480. The Morgan fingerprint density at radius 3 is 2.82 bits per heavy atom. The number of aromatic amines is 1. The van der Waals surface area contributed by atoms with Crippen molar-refractivity contribution in [3.05, 3.63) is 59.7 Å². The number of nitrogens with one attached hydrogen (secondary N) is 1. The fourth-order valence-electron chi connectivity index (χ4n) is 1.95. The largest absolute Gasteiger partial charge is 0.453 e. The Morgan fingerprint density at radius 2 is 2.09 bits per heavy atom. The average molecular weight is 294 g/mol. The number of pyridine rings is 1. The van der Waals surface area contributed by atoms with Crippen LogP contribution in [0.1, 0.15) is 11.1 Å². The summed E-state index contributed by atoms with van der Waals surface area (Å²) in [6, 6.07) is 10.1. The molecule has 0 unspecified atom stereocenters. The van der Waals surface area contributed by atoms with E-state index in [1.807, 2.05) is 13.0 Å². The minimum absolute atomic E-state index is 0.417. The van der Waals surface area contributed by atoms with Crippen LogP contribution in [0.2, 0.25) is 0 Å². The average Bonchev–Trinajstić information content (AvgIpc) is 2.98. The van der Waals surface area contributed by atoms with Gasteiger partial charge in [-0.15, -0.1) is 0 Å². The van der Waals surface area contributed by atoms with Crippen LogP contribution in [0, 0.1) is 24.1 Å². The number of benzene rings is 1. The highest BCUT2D eigenvalue weighted by molar-refractivity contribution is 5.62. The van der Waals surface area contributed by atoms with Gasteiger partial charge in [-0.25, -0.2) is 4.39 Å². The molecular formula is C16H11FN4O. The third-order valence-electron chi connectivity index (χ3n) is 3.11. The van der Waals surface area contributed by atoms with Crippen molar-refractivity contribution in [1.29, 1.82) is 5.26 Å². The van der Waals surface area contributed by atoms with Gasteiger partial charge in [0.2, 0.25) is 0 Å². The Hall–Kier alpha value is -3.20. The molecule has 2 heterocycles. The zero-order valence-corrected chi connectivity index (χ0v) is 11.7. The van der Waals surface area contributed by atoms with Crippen molar-refractivity contribution in [1.82, 2.24) is 15.2 Å². The number of aryl methyl sites for hydroxylation is 1. The van der Waals surface area contributed by atoms with Gasteiger partial charge in [-0.1, -0.05) is 6.07 Å². The fraction of sp³-hybridized carbons (Fsp3) is 0.0625. The van der Waals surface area contributed by atoms with Gasteiger partial charge >= 0.3 is 0 Å². The first-order valence-electron chi connectivity index (χ1n) is 6.51. The third kappa shape index (κ3) is 2.65. The van der Waals surface area contributed by atoms with Crippen molar-refractivity contribution >= 4 is 0 Å². The number of ether oxygens (including phenoxy) is 1. The topological polar surface area (TPSA) is 74.6 Å². The van der Waals surface area contributed by atoms with E-state index in [2.05, 4.69) is 21.3 Å². The summed E-state index contributed by atoms with van der Waals surface area (Å²) in [4.78, 5) is 3.99. The van der Waals surface area contributed by atoms with E-state index in [4.69, 9.17) is 10.00 Å². The first-order chi connectivity index (χ1) is 10.7. The molecule has 6 heteroatoms. The van der Waals surface area contributed by atoms with E-state index in [1.165, 1.54) is 12.1 Å². The summed E-state index contributed by atoms with van der Waals surface area (Å²) < 4.78 is 18.8. The minimum Gasteiger partial charge on any atom is -0.453 e. The zero-order chi connectivity index (χ0) is 15.5. The minimum atomic E-state index is -0.417. The maximum Gasteiger partial charge on any atom is 0.174 e. The third-order valence-corrected chi connectivity index (χ3v) is 3.11. The predicted molar refractivity (Wildman–Crippen MR) is 77.7 cm³/mol. The molecule has 0 spiro atoms. The molecule has 0 aliphatic carbocycles. The number of nitrogens with zero attached hydrogens (tertiary/aromatic N) is 3. The molecule has 1 N–H and O–H groups in total. The number of aromatic nitrogens is 3. The lowest BCUT2D eigenvalue weighted by Gasteiger charge is -2.08. The molecule has 3 aromatic rings. The summed E-state index contributed by atoms with van der Waals surface area (Å²) in [7, 11) is 0. The van der Waals surface area contributed by atoms with Crippen LogP contribution in [0.5, 0.6) is 11.5 Å². The maximum absolute atomic E-state index is 13.0. The smallest absolute Gasteiger partial charge is 0.174 e. The predicted octanol–water partition coefficient (Wildman–Crippen LogP) is 3.58. The normalized spacial score (nSPS) is 10.2.